The highest BCUT2D eigenvalue weighted by Crippen LogP contribution is 2.18. The molecule has 0 spiro atoms. The lowest BCUT2D eigenvalue weighted by molar-refractivity contribution is 0.217. The molecule has 2 N–H and O–H groups in total. The molecule has 0 aliphatic heterocycles. The van der Waals surface area contributed by atoms with Crippen LogP contribution >= 0.6 is 0 Å². The average Bonchev–Trinajstić information content (AvgIpc) is 2.25. The largest absolute Gasteiger partial charge is 0.384 e. The smallest absolute Gasteiger partial charge is 0.154 e. The van der Waals surface area contributed by atoms with E-state index >= 15 is 0 Å². The summed E-state index contributed by atoms with van der Waals surface area (Å²) >= 11 is 0. The Morgan fingerprint density at radius 3 is 2.56 bits per heavy atom. The molecule has 102 valence electrons. The standard InChI is InChI=1S/C13H21NO3S/c1-10-4-5-12(11(2)8-10)13(14)9-18(15,16)7-6-17-3/h4-5,8,13H,6-7,9,14H2,1-3H3. The molecule has 1 atom stereocenters. The molecule has 0 aromatic heterocycles. The van der Waals surface area contributed by atoms with Crippen molar-refractivity contribution in [2.75, 3.05) is 25.2 Å². The maximum Gasteiger partial charge on any atom is 0.154 e. The molecule has 0 fully saturated rings. The highest BCUT2D eigenvalue weighted by atomic mass is 32.2. The number of benzene rings is 1. The van der Waals surface area contributed by atoms with Crippen LogP contribution in [0.1, 0.15) is 22.7 Å². The van der Waals surface area contributed by atoms with E-state index in [0.717, 1.165) is 16.7 Å². The number of ether oxygens (including phenoxy) is 1. The molecule has 5 heteroatoms. The first kappa shape index (κ1) is 15.1. The van der Waals surface area contributed by atoms with Crippen molar-refractivity contribution in [2.45, 2.75) is 19.9 Å². The number of hydrogen-bond acceptors (Lipinski definition) is 4. The predicted octanol–water partition coefficient (Wildman–Crippen LogP) is 1.36. The van der Waals surface area contributed by atoms with E-state index in [1.54, 1.807) is 0 Å². The van der Waals surface area contributed by atoms with Crippen molar-refractivity contribution >= 4 is 9.84 Å². The number of sulfone groups is 1. The number of nitrogens with two attached hydrogens (primary N) is 1. The van der Waals surface area contributed by atoms with Crippen LogP contribution in [-0.4, -0.2) is 33.6 Å². The van der Waals surface area contributed by atoms with E-state index in [1.807, 2.05) is 32.0 Å². The molecule has 18 heavy (non-hydrogen) atoms. The van der Waals surface area contributed by atoms with Crippen LogP contribution in [0.3, 0.4) is 0 Å². The van der Waals surface area contributed by atoms with Crippen LogP contribution < -0.4 is 5.73 Å². The third-order valence-corrected chi connectivity index (χ3v) is 4.51. The molecule has 0 radical (unpaired) electrons. The first-order chi connectivity index (χ1) is 8.35. The Morgan fingerprint density at radius 2 is 2.00 bits per heavy atom. The number of hydrogen-bond donors (Lipinski definition) is 1. The van der Waals surface area contributed by atoms with Gasteiger partial charge in [0.1, 0.15) is 0 Å². The molecule has 0 heterocycles. The fourth-order valence-corrected chi connectivity index (χ4v) is 3.21. The normalized spacial score (nSPS) is 13.6. The summed E-state index contributed by atoms with van der Waals surface area (Å²) in [4.78, 5) is 0. The van der Waals surface area contributed by atoms with Gasteiger partial charge in [0.25, 0.3) is 0 Å². The van der Waals surface area contributed by atoms with Gasteiger partial charge in [0, 0.05) is 13.2 Å². The molecule has 1 aromatic carbocycles. The van der Waals surface area contributed by atoms with Gasteiger partial charge in [-0.2, -0.15) is 0 Å². The summed E-state index contributed by atoms with van der Waals surface area (Å²) in [5.74, 6) is -0.0254. The maximum absolute atomic E-state index is 11.8. The average molecular weight is 271 g/mol. The predicted molar refractivity (Wildman–Crippen MR) is 73.4 cm³/mol. The SMILES string of the molecule is COCCS(=O)(=O)CC(N)c1ccc(C)cc1C. The lowest BCUT2D eigenvalue weighted by Crippen LogP contribution is -2.25. The molecule has 0 aliphatic carbocycles. The minimum Gasteiger partial charge on any atom is -0.384 e. The van der Waals surface area contributed by atoms with Crippen molar-refractivity contribution in [3.8, 4) is 0 Å². The van der Waals surface area contributed by atoms with Crippen molar-refractivity contribution in [2.24, 2.45) is 5.73 Å². The van der Waals surface area contributed by atoms with E-state index in [2.05, 4.69) is 0 Å². The minimum atomic E-state index is -3.17. The number of methoxy groups -OCH3 is 1. The maximum atomic E-state index is 11.8. The fourth-order valence-electron chi connectivity index (χ4n) is 1.90. The van der Waals surface area contributed by atoms with Gasteiger partial charge in [0.15, 0.2) is 9.84 Å². The number of rotatable bonds is 6. The molecule has 1 rings (SSSR count). The summed E-state index contributed by atoms with van der Waals surface area (Å²) < 4.78 is 28.4. The van der Waals surface area contributed by atoms with E-state index in [0.29, 0.717) is 0 Å². The molecule has 0 aliphatic rings. The van der Waals surface area contributed by atoms with Gasteiger partial charge in [-0.25, -0.2) is 8.42 Å². The van der Waals surface area contributed by atoms with Gasteiger partial charge in [-0.15, -0.1) is 0 Å². The van der Waals surface area contributed by atoms with Gasteiger partial charge < -0.3 is 10.5 Å². The van der Waals surface area contributed by atoms with Gasteiger partial charge in [-0.05, 0) is 25.0 Å². The summed E-state index contributed by atoms with van der Waals surface area (Å²) in [6, 6.07) is 5.38. The van der Waals surface area contributed by atoms with Crippen LogP contribution in [-0.2, 0) is 14.6 Å². The molecule has 0 saturated carbocycles. The van der Waals surface area contributed by atoms with Crippen molar-refractivity contribution in [3.63, 3.8) is 0 Å². The Morgan fingerprint density at radius 1 is 1.33 bits per heavy atom. The Kier molecular flexibility index (Phi) is 5.31. The van der Waals surface area contributed by atoms with Gasteiger partial charge in [-0.3, -0.25) is 0 Å². The van der Waals surface area contributed by atoms with Crippen LogP contribution in [0.2, 0.25) is 0 Å². The zero-order valence-electron chi connectivity index (χ0n) is 11.1. The van der Waals surface area contributed by atoms with Crippen molar-refractivity contribution in [1.29, 1.82) is 0 Å². The van der Waals surface area contributed by atoms with Gasteiger partial charge in [0.05, 0.1) is 18.1 Å². The zero-order chi connectivity index (χ0) is 13.8. The molecule has 1 unspecified atom stereocenters. The molecule has 0 bridgehead atoms. The van der Waals surface area contributed by atoms with Crippen molar-refractivity contribution in [1.82, 2.24) is 0 Å². The lowest BCUT2D eigenvalue weighted by Gasteiger charge is -2.15. The summed E-state index contributed by atoms with van der Waals surface area (Å²) in [5, 5.41) is 0. The Hall–Kier alpha value is -0.910. The Bertz CT molecular complexity index is 497. The molecule has 0 amide bonds. The quantitative estimate of drug-likeness (QED) is 0.848. The van der Waals surface area contributed by atoms with Crippen LogP contribution in [0.25, 0.3) is 0 Å². The molecule has 1 aromatic rings. The molecule has 4 nitrogen and oxygen atoms in total. The van der Waals surface area contributed by atoms with Crippen LogP contribution in [0.15, 0.2) is 18.2 Å². The second-order valence-electron chi connectivity index (χ2n) is 4.57. The lowest BCUT2D eigenvalue weighted by atomic mass is 10.0. The molecular formula is C13H21NO3S. The first-order valence-corrected chi connectivity index (χ1v) is 7.70. The van der Waals surface area contributed by atoms with Gasteiger partial charge in [0.2, 0.25) is 0 Å². The fraction of sp³-hybridized carbons (Fsp3) is 0.538. The Labute approximate surface area is 109 Å². The van der Waals surface area contributed by atoms with Gasteiger partial charge in [-0.1, -0.05) is 23.8 Å². The van der Waals surface area contributed by atoms with Crippen LogP contribution in [0.5, 0.6) is 0 Å². The van der Waals surface area contributed by atoms with Crippen LogP contribution in [0, 0.1) is 13.8 Å². The van der Waals surface area contributed by atoms with E-state index in [-0.39, 0.29) is 18.1 Å². The number of aryl methyl sites for hydroxylation is 2. The second-order valence-corrected chi connectivity index (χ2v) is 6.80. The van der Waals surface area contributed by atoms with E-state index in [1.165, 1.54) is 7.11 Å². The highest BCUT2D eigenvalue weighted by molar-refractivity contribution is 7.91. The zero-order valence-corrected chi connectivity index (χ0v) is 12.0. The first-order valence-electron chi connectivity index (χ1n) is 5.88. The molecule has 0 saturated heterocycles. The second kappa shape index (κ2) is 6.31. The monoisotopic (exact) mass is 271 g/mol. The summed E-state index contributed by atoms with van der Waals surface area (Å²) in [7, 11) is -1.68. The third kappa shape index (κ3) is 4.40. The topological polar surface area (TPSA) is 69.4 Å². The van der Waals surface area contributed by atoms with Crippen molar-refractivity contribution in [3.05, 3.63) is 34.9 Å². The molecular weight excluding hydrogens is 250 g/mol. The highest BCUT2D eigenvalue weighted by Gasteiger charge is 2.18. The summed E-state index contributed by atoms with van der Waals surface area (Å²) in [6.45, 7) is 4.16. The summed E-state index contributed by atoms with van der Waals surface area (Å²) in [6.07, 6.45) is 0. The van der Waals surface area contributed by atoms with E-state index < -0.39 is 15.9 Å². The van der Waals surface area contributed by atoms with E-state index in [4.69, 9.17) is 10.5 Å². The van der Waals surface area contributed by atoms with Gasteiger partial charge >= 0.3 is 0 Å². The van der Waals surface area contributed by atoms with E-state index in [9.17, 15) is 8.42 Å². The minimum absolute atomic E-state index is 0.0160. The summed E-state index contributed by atoms with van der Waals surface area (Å²) in [5.41, 5.74) is 9.05. The van der Waals surface area contributed by atoms with Crippen molar-refractivity contribution < 1.29 is 13.2 Å². The van der Waals surface area contributed by atoms with Crippen LogP contribution in [0.4, 0.5) is 0 Å². The Balaban J connectivity index is 2.79. The third-order valence-electron chi connectivity index (χ3n) is 2.86.